The topological polar surface area (TPSA) is 61.6 Å². The smallest absolute Gasteiger partial charge is 0.234 e. The number of hydrogen-bond acceptors (Lipinski definition) is 4. The summed E-state index contributed by atoms with van der Waals surface area (Å²) >= 11 is 0. The highest BCUT2D eigenvalue weighted by Gasteiger charge is 2.18. The molecule has 1 aliphatic rings. The summed E-state index contributed by atoms with van der Waals surface area (Å²) in [5, 5.41) is 3.02. The van der Waals surface area contributed by atoms with Gasteiger partial charge >= 0.3 is 0 Å². The molecule has 1 heterocycles. The van der Waals surface area contributed by atoms with Crippen LogP contribution in [0.25, 0.3) is 0 Å². The zero-order chi connectivity index (χ0) is 14.1. The molecule has 3 N–H and O–H groups in total. The maximum atomic E-state index is 11.8. The molecular weight excluding hydrogens is 240 g/mol. The number of nitrogens with two attached hydrogens (primary N) is 1. The fourth-order valence-corrected chi connectivity index (χ4v) is 2.28. The van der Waals surface area contributed by atoms with E-state index in [-0.39, 0.29) is 11.9 Å². The van der Waals surface area contributed by atoms with E-state index in [0.717, 1.165) is 52.1 Å². The van der Waals surface area contributed by atoms with E-state index in [1.54, 1.807) is 0 Å². The molecule has 0 aromatic heterocycles. The molecule has 1 aliphatic heterocycles. The lowest BCUT2D eigenvalue weighted by Gasteiger charge is -2.34. The summed E-state index contributed by atoms with van der Waals surface area (Å²) in [5.41, 5.74) is 5.50. The summed E-state index contributed by atoms with van der Waals surface area (Å²) in [5.74, 6) is 0.158. The van der Waals surface area contributed by atoms with Crippen LogP contribution in [0.4, 0.5) is 0 Å². The second-order valence-corrected chi connectivity index (χ2v) is 5.49. The van der Waals surface area contributed by atoms with Crippen LogP contribution in [-0.4, -0.2) is 67.6 Å². The van der Waals surface area contributed by atoms with Crippen molar-refractivity contribution >= 4 is 5.91 Å². The molecule has 5 heteroatoms. The number of amides is 1. The van der Waals surface area contributed by atoms with Crippen molar-refractivity contribution in [3.63, 3.8) is 0 Å². The molecule has 1 fully saturated rings. The van der Waals surface area contributed by atoms with Crippen molar-refractivity contribution in [1.29, 1.82) is 0 Å². The van der Waals surface area contributed by atoms with Gasteiger partial charge in [-0.15, -0.1) is 0 Å². The van der Waals surface area contributed by atoms with Gasteiger partial charge in [0.05, 0.1) is 6.54 Å². The highest BCUT2D eigenvalue weighted by molar-refractivity contribution is 5.78. The van der Waals surface area contributed by atoms with Crippen molar-refractivity contribution < 1.29 is 4.79 Å². The molecule has 1 saturated heterocycles. The Bertz CT molecular complexity index is 252. The summed E-state index contributed by atoms with van der Waals surface area (Å²) in [6.07, 6.45) is 3.28. The first-order valence-corrected chi connectivity index (χ1v) is 7.59. The first kappa shape index (κ1) is 16.4. The molecule has 0 aromatic rings. The Morgan fingerprint density at radius 1 is 1.21 bits per heavy atom. The third-order valence-electron chi connectivity index (χ3n) is 3.78. The Labute approximate surface area is 117 Å². The first-order valence-electron chi connectivity index (χ1n) is 7.59. The monoisotopic (exact) mass is 270 g/mol. The van der Waals surface area contributed by atoms with Crippen LogP contribution in [0.5, 0.6) is 0 Å². The molecule has 0 bridgehead atoms. The van der Waals surface area contributed by atoms with E-state index in [9.17, 15) is 4.79 Å². The Morgan fingerprint density at radius 3 is 2.42 bits per heavy atom. The number of piperazine rings is 1. The van der Waals surface area contributed by atoms with Crippen LogP contribution in [0.3, 0.4) is 0 Å². The third kappa shape index (κ3) is 6.89. The number of nitrogens with zero attached hydrogens (tertiary/aromatic N) is 2. The van der Waals surface area contributed by atoms with Gasteiger partial charge in [-0.2, -0.15) is 0 Å². The largest absolute Gasteiger partial charge is 0.353 e. The molecule has 0 radical (unpaired) electrons. The van der Waals surface area contributed by atoms with Gasteiger partial charge in [0, 0.05) is 32.2 Å². The summed E-state index contributed by atoms with van der Waals surface area (Å²) in [4.78, 5) is 16.5. The lowest BCUT2D eigenvalue weighted by molar-refractivity contribution is -0.123. The van der Waals surface area contributed by atoms with Gasteiger partial charge in [-0.3, -0.25) is 9.69 Å². The van der Waals surface area contributed by atoms with Crippen LogP contribution in [0.2, 0.25) is 0 Å². The summed E-state index contributed by atoms with van der Waals surface area (Å²) in [7, 11) is 0. The number of unbranched alkanes of at least 4 members (excludes halogenated alkanes) is 1. The molecule has 0 aromatic carbocycles. The summed E-state index contributed by atoms with van der Waals surface area (Å²) in [6, 6.07) is 0.282. The van der Waals surface area contributed by atoms with Crippen molar-refractivity contribution in [2.24, 2.45) is 5.73 Å². The normalized spacial score (nSPS) is 19.3. The molecule has 5 nitrogen and oxygen atoms in total. The highest BCUT2D eigenvalue weighted by Crippen LogP contribution is 2.03. The fraction of sp³-hybridized carbons (Fsp3) is 0.929. The molecule has 1 amide bonds. The zero-order valence-electron chi connectivity index (χ0n) is 12.5. The van der Waals surface area contributed by atoms with Gasteiger partial charge in [0.1, 0.15) is 0 Å². The van der Waals surface area contributed by atoms with Crippen molar-refractivity contribution in [2.45, 2.75) is 39.2 Å². The number of carbonyl (C=O) groups excluding carboxylic acids is 1. The van der Waals surface area contributed by atoms with Crippen LogP contribution in [0, 0.1) is 0 Å². The minimum atomic E-state index is 0.158. The highest BCUT2D eigenvalue weighted by atomic mass is 16.2. The molecule has 19 heavy (non-hydrogen) atoms. The van der Waals surface area contributed by atoms with Crippen LogP contribution in [0.1, 0.15) is 33.1 Å². The number of nitrogens with one attached hydrogen (secondary N) is 1. The molecule has 1 atom stereocenters. The van der Waals surface area contributed by atoms with Gasteiger partial charge in [0.25, 0.3) is 0 Å². The molecule has 0 aliphatic carbocycles. The summed E-state index contributed by atoms with van der Waals surface area (Å²) < 4.78 is 0. The van der Waals surface area contributed by atoms with Gasteiger partial charge in [-0.05, 0) is 39.3 Å². The standard InChI is InChI=1S/C14H30N4O/c1-3-13(2)16-14(19)12-18-10-8-17(9-11-18)7-5-4-6-15/h13H,3-12,15H2,1-2H3,(H,16,19). The third-order valence-corrected chi connectivity index (χ3v) is 3.78. The minimum absolute atomic E-state index is 0.158. The minimum Gasteiger partial charge on any atom is -0.353 e. The lowest BCUT2D eigenvalue weighted by atomic mass is 10.2. The van der Waals surface area contributed by atoms with Gasteiger partial charge in [-0.25, -0.2) is 0 Å². The molecular formula is C14H30N4O. The van der Waals surface area contributed by atoms with Crippen molar-refractivity contribution in [1.82, 2.24) is 15.1 Å². The van der Waals surface area contributed by atoms with E-state index in [2.05, 4.69) is 22.0 Å². The van der Waals surface area contributed by atoms with Crippen molar-refractivity contribution in [3.05, 3.63) is 0 Å². The lowest BCUT2D eigenvalue weighted by Crippen LogP contribution is -2.50. The van der Waals surface area contributed by atoms with E-state index in [1.165, 1.54) is 6.42 Å². The van der Waals surface area contributed by atoms with Gasteiger partial charge < -0.3 is 16.0 Å². The molecule has 0 spiro atoms. The van der Waals surface area contributed by atoms with Gasteiger partial charge in [-0.1, -0.05) is 6.92 Å². The van der Waals surface area contributed by atoms with Crippen LogP contribution >= 0.6 is 0 Å². The number of rotatable bonds is 8. The van der Waals surface area contributed by atoms with E-state index in [1.807, 2.05) is 6.92 Å². The average Bonchev–Trinajstić information content (AvgIpc) is 2.40. The Morgan fingerprint density at radius 2 is 1.84 bits per heavy atom. The molecule has 1 unspecified atom stereocenters. The number of carbonyl (C=O) groups is 1. The van der Waals surface area contributed by atoms with E-state index >= 15 is 0 Å². The second kappa shape index (κ2) is 9.28. The summed E-state index contributed by atoms with van der Waals surface area (Å²) in [6.45, 7) is 10.7. The van der Waals surface area contributed by atoms with E-state index < -0.39 is 0 Å². The Kier molecular flexibility index (Phi) is 8.02. The maximum Gasteiger partial charge on any atom is 0.234 e. The predicted octanol–water partition coefficient (Wildman–Crippen LogP) is 0.258. The second-order valence-electron chi connectivity index (χ2n) is 5.49. The zero-order valence-corrected chi connectivity index (χ0v) is 12.5. The van der Waals surface area contributed by atoms with Crippen LogP contribution in [0.15, 0.2) is 0 Å². The van der Waals surface area contributed by atoms with Gasteiger partial charge in [0.15, 0.2) is 0 Å². The molecule has 1 rings (SSSR count). The quantitative estimate of drug-likeness (QED) is 0.621. The van der Waals surface area contributed by atoms with Crippen molar-refractivity contribution in [2.75, 3.05) is 45.8 Å². The van der Waals surface area contributed by atoms with E-state index in [4.69, 9.17) is 5.73 Å². The maximum absolute atomic E-state index is 11.8. The Balaban J connectivity index is 2.14. The van der Waals surface area contributed by atoms with Crippen LogP contribution in [-0.2, 0) is 4.79 Å². The Hall–Kier alpha value is -0.650. The van der Waals surface area contributed by atoms with Crippen molar-refractivity contribution in [3.8, 4) is 0 Å². The predicted molar refractivity (Wildman–Crippen MR) is 79.1 cm³/mol. The van der Waals surface area contributed by atoms with Crippen LogP contribution < -0.4 is 11.1 Å². The van der Waals surface area contributed by atoms with Gasteiger partial charge in [0.2, 0.25) is 5.91 Å². The number of hydrogen-bond donors (Lipinski definition) is 2. The van der Waals surface area contributed by atoms with E-state index in [0.29, 0.717) is 6.54 Å². The SMILES string of the molecule is CCC(C)NC(=O)CN1CCN(CCCCN)CC1. The molecule has 0 saturated carbocycles. The average molecular weight is 270 g/mol. The molecule has 112 valence electrons. The fourth-order valence-electron chi connectivity index (χ4n) is 2.28. The first-order chi connectivity index (χ1) is 9.15.